The SMILES string of the molecule is C=Cc1sc(C)nc1C(=C)O.CC. The van der Waals surface area contributed by atoms with E-state index >= 15 is 0 Å². The summed E-state index contributed by atoms with van der Waals surface area (Å²) in [6.07, 6.45) is 1.67. The molecule has 0 spiro atoms. The summed E-state index contributed by atoms with van der Waals surface area (Å²) in [7, 11) is 0. The van der Waals surface area contributed by atoms with Crippen molar-refractivity contribution < 1.29 is 5.11 Å². The highest BCUT2D eigenvalue weighted by atomic mass is 32.1. The van der Waals surface area contributed by atoms with Gasteiger partial charge >= 0.3 is 0 Å². The van der Waals surface area contributed by atoms with E-state index in [4.69, 9.17) is 5.11 Å². The monoisotopic (exact) mass is 197 g/mol. The molecule has 0 radical (unpaired) electrons. The van der Waals surface area contributed by atoms with Crippen LogP contribution in [0.3, 0.4) is 0 Å². The fourth-order valence-corrected chi connectivity index (χ4v) is 1.59. The van der Waals surface area contributed by atoms with E-state index in [9.17, 15) is 0 Å². The van der Waals surface area contributed by atoms with E-state index in [0.717, 1.165) is 9.88 Å². The van der Waals surface area contributed by atoms with E-state index in [1.165, 1.54) is 11.3 Å². The van der Waals surface area contributed by atoms with Crippen molar-refractivity contribution in [3.8, 4) is 0 Å². The lowest BCUT2D eigenvalue weighted by atomic mass is 10.3. The van der Waals surface area contributed by atoms with E-state index in [1.807, 2.05) is 20.8 Å². The van der Waals surface area contributed by atoms with Crippen LogP contribution in [-0.4, -0.2) is 10.1 Å². The molecule has 0 atom stereocenters. The molecule has 0 aliphatic heterocycles. The minimum atomic E-state index is 0.00394. The quantitative estimate of drug-likeness (QED) is 0.734. The van der Waals surface area contributed by atoms with Gasteiger partial charge in [-0.15, -0.1) is 11.3 Å². The van der Waals surface area contributed by atoms with Crippen LogP contribution in [0.1, 0.15) is 29.4 Å². The highest BCUT2D eigenvalue weighted by Crippen LogP contribution is 2.22. The zero-order chi connectivity index (χ0) is 10.4. The average Bonchev–Trinajstić information content (AvgIpc) is 2.50. The van der Waals surface area contributed by atoms with Gasteiger partial charge in [-0.2, -0.15) is 0 Å². The Labute approximate surface area is 83.3 Å². The van der Waals surface area contributed by atoms with Crippen LogP contribution in [0, 0.1) is 6.92 Å². The molecule has 1 N–H and O–H groups in total. The van der Waals surface area contributed by atoms with Gasteiger partial charge in [-0.1, -0.05) is 27.0 Å². The molecule has 0 fully saturated rings. The van der Waals surface area contributed by atoms with Gasteiger partial charge in [0.2, 0.25) is 0 Å². The number of aliphatic hydroxyl groups excluding tert-OH is 1. The normalized spacial score (nSPS) is 8.54. The van der Waals surface area contributed by atoms with Crippen LogP contribution >= 0.6 is 11.3 Å². The summed E-state index contributed by atoms with van der Waals surface area (Å²) < 4.78 is 0. The maximum atomic E-state index is 9.05. The number of aryl methyl sites for hydroxylation is 1. The van der Waals surface area contributed by atoms with Gasteiger partial charge in [-0.25, -0.2) is 4.98 Å². The zero-order valence-electron chi connectivity index (χ0n) is 8.29. The second kappa shape index (κ2) is 5.54. The first kappa shape index (κ1) is 11.9. The third-order valence-corrected chi connectivity index (χ3v) is 2.19. The van der Waals surface area contributed by atoms with Gasteiger partial charge < -0.3 is 5.11 Å². The minimum Gasteiger partial charge on any atom is -0.506 e. The molecule has 2 nitrogen and oxygen atoms in total. The van der Waals surface area contributed by atoms with Crippen molar-refractivity contribution in [2.24, 2.45) is 0 Å². The first-order chi connectivity index (χ1) is 6.15. The molecule has 0 aliphatic rings. The summed E-state index contributed by atoms with van der Waals surface area (Å²) in [5, 5.41) is 9.96. The highest BCUT2D eigenvalue weighted by Gasteiger charge is 2.07. The summed E-state index contributed by atoms with van der Waals surface area (Å²) in [4.78, 5) is 4.95. The number of aromatic nitrogens is 1. The van der Waals surface area contributed by atoms with Crippen LogP contribution in [0.5, 0.6) is 0 Å². The molecular formula is C10H15NOS. The summed E-state index contributed by atoms with van der Waals surface area (Å²) >= 11 is 1.49. The Morgan fingerprint density at radius 3 is 2.38 bits per heavy atom. The molecule has 0 unspecified atom stereocenters. The smallest absolute Gasteiger partial charge is 0.135 e. The Bertz CT molecular complexity index is 302. The van der Waals surface area contributed by atoms with E-state index in [0.29, 0.717) is 5.69 Å². The molecule has 1 heterocycles. The molecular weight excluding hydrogens is 182 g/mol. The lowest BCUT2D eigenvalue weighted by Gasteiger charge is -1.91. The van der Waals surface area contributed by atoms with E-state index < -0.39 is 0 Å². The lowest BCUT2D eigenvalue weighted by Crippen LogP contribution is -1.83. The molecule has 1 aromatic heterocycles. The Morgan fingerprint density at radius 2 is 2.08 bits per heavy atom. The molecule has 72 valence electrons. The molecule has 1 rings (SSSR count). The molecule has 0 amide bonds. The van der Waals surface area contributed by atoms with Crippen LogP contribution in [0.15, 0.2) is 13.2 Å². The van der Waals surface area contributed by atoms with E-state index in [-0.39, 0.29) is 5.76 Å². The zero-order valence-corrected chi connectivity index (χ0v) is 9.11. The molecule has 1 aromatic rings. The number of hydrogen-bond donors (Lipinski definition) is 1. The summed E-state index contributed by atoms with van der Waals surface area (Å²) in [5.74, 6) is 0.00394. The maximum absolute atomic E-state index is 9.05. The van der Waals surface area contributed by atoms with Crippen LogP contribution < -0.4 is 0 Å². The van der Waals surface area contributed by atoms with Crippen molar-refractivity contribution in [3.63, 3.8) is 0 Å². The Hall–Kier alpha value is -1.09. The van der Waals surface area contributed by atoms with E-state index in [2.05, 4.69) is 18.1 Å². The number of aliphatic hydroxyl groups is 1. The predicted molar refractivity (Wildman–Crippen MR) is 60.0 cm³/mol. The average molecular weight is 197 g/mol. The third kappa shape index (κ3) is 3.03. The lowest BCUT2D eigenvalue weighted by molar-refractivity contribution is 0.511. The van der Waals surface area contributed by atoms with Crippen molar-refractivity contribution in [1.82, 2.24) is 4.98 Å². The Kier molecular flexibility index (Phi) is 5.07. The molecule has 0 saturated heterocycles. The van der Waals surface area contributed by atoms with Crippen molar-refractivity contribution in [3.05, 3.63) is 28.7 Å². The van der Waals surface area contributed by atoms with Crippen molar-refractivity contribution in [1.29, 1.82) is 0 Å². The van der Waals surface area contributed by atoms with Crippen LogP contribution in [0.4, 0.5) is 0 Å². The van der Waals surface area contributed by atoms with Gasteiger partial charge in [0.15, 0.2) is 0 Å². The van der Waals surface area contributed by atoms with Gasteiger partial charge in [-0.3, -0.25) is 0 Å². The van der Waals surface area contributed by atoms with Gasteiger partial charge in [-0.05, 0) is 13.0 Å². The maximum Gasteiger partial charge on any atom is 0.135 e. The number of nitrogens with zero attached hydrogens (tertiary/aromatic N) is 1. The van der Waals surface area contributed by atoms with Gasteiger partial charge in [0, 0.05) is 0 Å². The number of hydrogen-bond acceptors (Lipinski definition) is 3. The Morgan fingerprint density at radius 1 is 1.54 bits per heavy atom. The van der Waals surface area contributed by atoms with Crippen molar-refractivity contribution >= 4 is 23.2 Å². The topological polar surface area (TPSA) is 33.1 Å². The van der Waals surface area contributed by atoms with Crippen LogP contribution in [0.2, 0.25) is 0 Å². The molecule has 0 saturated carbocycles. The van der Waals surface area contributed by atoms with Crippen LogP contribution in [0.25, 0.3) is 11.8 Å². The third-order valence-electron chi connectivity index (χ3n) is 1.22. The molecule has 0 aliphatic carbocycles. The van der Waals surface area contributed by atoms with Gasteiger partial charge in [0.25, 0.3) is 0 Å². The molecule has 0 bridgehead atoms. The summed E-state index contributed by atoms with van der Waals surface area (Å²) in [6, 6.07) is 0. The van der Waals surface area contributed by atoms with Gasteiger partial charge in [0.1, 0.15) is 11.5 Å². The fourth-order valence-electron chi connectivity index (χ4n) is 0.788. The summed E-state index contributed by atoms with van der Waals surface area (Å²) in [5.41, 5.74) is 0.544. The molecule has 3 heteroatoms. The molecule has 0 aromatic carbocycles. The fraction of sp³-hybridized carbons (Fsp3) is 0.300. The number of rotatable bonds is 2. The first-order valence-electron chi connectivity index (χ1n) is 4.13. The van der Waals surface area contributed by atoms with Crippen LogP contribution in [-0.2, 0) is 0 Å². The van der Waals surface area contributed by atoms with Gasteiger partial charge in [0.05, 0.1) is 9.88 Å². The largest absolute Gasteiger partial charge is 0.506 e. The highest BCUT2D eigenvalue weighted by molar-refractivity contribution is 7.12. The van der Waals surface area contributed by atoms with Crippen molar-refractivity contribution in [2.45, 2.75) is 20.8 Å². The predicted octanol–water partition coefficient (Wildman–Crippen LogP) is 3.65. The molecule has 13 heavy (non-hydrogen) atoms. The second-order valence-corrected chi connectivity index (χ2v) is 3.33. The summed E-state index contributed by atoms with van der Waals surface area (Å²) in [6.45, 7) is 12.9. The van der Waals surface area contributed by atoms with Crippen molar-refractivity contribution in [2.75, 3.05) is 0 Å². The second-order valence-electron chi connectivity index (χ2n) is 2.10. The Balaban J connectivity index is 0.000000671. The first-order valence-corrected chi connectivity index (χ1v) is 4.95. The number of thiazole rings is 1. The minimum absolute atomic E-state index is 0.00394. The standard InChI is InChI=1S/C8H9NOS.C2H6/c1-4-7-8(5(2)10)9-6(3)11-7;1-2/h4,10H,1-2H2,3H3;1-2H3. The van der Waals surface area contributed by atoms with E-state index in [1.54, 1.807) is 6.08 Å².